The van der Waals surface area contributed by atoms with Crippen LogP contribution in [0.1, 0.15) is 64.0 Å². The van der Waals surface area contributed by atoms with Gasteiger partial charge in [-0.1, -0.05) is 64.2 Å². The number of nitrogens with one attached hydrogen (secondary N) is 1. The highest BCUT2D eigenvalue weighted by atomic mass is 32.1. The van der Waals surface area contributed by atoms with Crippen molar-refractivity contribution in [1.29, 1.82) is 0 Å². The van der Waals surface area contributed by atoms with Crippen LogP contribution in [-0.4, -0.2) is 6.54 Å². The van der Waals surface area contributed by atoms with Gasteiger partial charge < -0.3 is 5.32 Å². The van der Waals surface area contributed by atoms with Gasteiger partial charge in [0, 0.05) is 10.7 Å². The number of unbranched alkanes of at least 4 members (excludes halogenated alkanes) is 4. The van der Waals surface area contributed by atoms with Gasteiger partial charge >= 0.3 is 0 Å². The van der Waals surface area contributed by atoms with E-state index in [0.717, 1.165) is 6.54 Å². The van der Waals surface area contributed by atoms with Gasteiger partial charge in [0.2, 0.25) is 0 Å². The lowest BCUT2D eigenvalue weighted by atomic mass is 9.98. The fraction of sp³-hybridized carbons (Fsp3) is 0.556. The van der Waals surface area contributed by atoms with Gasteiger partial charge in [-0.2, -0.15) is 0 Å². The highest BCUT2D eigenvalue weighted by Crippen LogP contribution is 2.31. The summed E-state index contributed by atoms with van der Waals surface area (Å²) in [5, 5.41) is 7.28. The van der Waals surface area contributed by atoms with Crippen molar-refractivity contribution in [3.63, 3.8) is 0 Å². The summed E-state index contributed by atoms with van der Waals surface area (Å²) in [6.07, 6.45) is 8.06. The molecule has 0 aliphatic carbocycles. The largest absolute Gasteiger partial charge is 0.310 e. The molecule has 1 unspecified atom stereocenters. The Morgan fingerprint density at radius 2 is 1.90 bits per heavy atom. The Morgan fingerprint density at radius 3 is 2.70 bits per heavy atom. The molecule has 0 saturated carbocycles. The SMILES string of the molecule is CCCCCCCC(NCC)c1cccc2ccsc12. The van der Waals surface area contributed by atoms with Crippen LogP contribution in [-0.2, 0) is 0 Å². The summed E-state index contributed by atoms with van der Waals surface area (Å²) in [7, 11) is 0. The average molecular weight is 289 g/mol. The maximum Gasteiger partial charge on any atom is 0.0390 e. The smallest absolute Gasteiger partial charge is 0.0390 e. The Balaban J connectivity index is 2.02. The van der Waals surface area contributed by atoms with E-state index in [1.807, 2.05) is 11.3 Å². The third kappa shape index (κ3) is 4.07. The van der Waals surface area contributed by atoms with Gasteiger partial charge in [0.1, 0.15) is 0 Å². The predicted octanol–water partition coefficient (Wildman–Crippen LogP) is 5.91. The first-order chi connectivity index (χ1) is 9.86. The molecular formula is C18H27NS. The quantitative estimate of drug-likeness (QED) is 0.566. The van der Waals surface area contributed by atoms with Crippen molar-refractivity contribution in [2.45, 2.75) is 58.4 Å². The highest BCUT2D eigenvalue weighted by Gasteiger charge is 2.13. The molecule has 0 fully saturated rings. The fourth-order valence-electron chi connectivity index (χ4n) is 2.86. The number of fused-ring (bicyclic) bond motifs is 1. The third-order valence-electron chi connectivity index (χ3n) is 3.93. The third-order valence-corrected chi connectivity index (χ3v) is 4.91. The second-order valence-electron chi connectivity index (χ2n) is 5.50. The average Bonchev–Trinajstić information content (AvgIpc) is 2.94. The summed E-state index contributed by atoms with van der Waals surface area (Å²) in [5.41, 5.74) is 1.50. The van der Waals surface area contributed by atoms with E-state index in [1.165, 1.54) is 54.2 Å². The van der Waals surface area contributed by atoms with Crippen LogP contribution in [0, 0.1) is 0 Å². The zero-order valence-corrected chi connectivity index (χ0v) is 13.6. The molecule has 1 aromatic heterocycles. The van der Waals surface area contributed by atoms with Crippen molar-refractivity contribution in [2.24, 2.45) is 0 Å². The van der Waals surface area contributed by atoms with Crippen molar-refractivity contribution < 1.29 is 0 Å². The maximum atomic E-state index is 3.68. The molecule has 0 aliphatic rings. The molecule has 110 valence electrons. The Bertz CT molecular complexity index is 503. The van der Waals surface area contributed by atoms with E-state index in [1.54, 1.807) is 0 Å². The van der Waals surface area contributed by atoms with E-state index >= 15 is 0 Å². The summed E-state index contributed by atoms with van der Waals surface area (Å²) < 4.78 is 1.46. The normalized spacial score (nSPS) is 12.9. The predicted molar refractivity (Wildman–Crippen MR) is 91.6 cm³/mol. The van der Waals surface area contributed by atoms with Crippen molar-refractivity contribution in [2.75, 3.05) is 6.54 Å². The molecule has 2 heteroatoms. The van der Waals surface area contributed by atoms with E-state index in [9.17, 15) is 0 Å². The molecule has 1 heterocycles. The Kier molecular flexibility index (Phi) is 6.55. The second kappa shape index (κ2) is 8.43. The van der Waals surface area contributed by atoms with Gasteiger partial charge in [0.15, 0.2) is 0 Å². The zero-order chi connectivity index (χ0) is 14.2. The maximum absolute atomic E-state index is 3.68. The van der Waals surface area contributed by atoms with Crippen LogP contribution in [0.2, 0.25) is 0 Å². The molecule has 1 nitrogen and oxygen atoms in total. The minimum atomic E-state index is 0.518. The summed E-state index contributed by atoms with van der Waals surface area (Å²) >= 11 is 1.88. The highest BCUT2D eigenvalue weighted by molar-refractivity contribution is 7.17. The molecule has 20 heavy (non-hydrogen) atoms. The topological polar surface area (TPSA) is 12.0 Å². The number of hydrogen-bond acceptors (Lipinski definition) is 2. The van der Waals surface area contributed by atoms with Crippen LogP contribution in [0.3, 0.4) is 0 Å². The van der Waals surface area contributed by atoms with Crippen molar-refractivity contribution in [1.82, 2.24) is 5.32 Å². The lowest BCUT2D eigenvalue weighted by Gasteiger charge is -2.19. The molecule has 1 N–H and O–H groups in total. The van der Waals surface area contributed by atoms with E-state index in [4.69, 9.17) is 0 Å². The lowest BCUT2D eigenvalue weighted by Crippen LogP contribution is -2.20. The number of hydrogen-bond donors (Lipinski definition) is 1. The minimum absolute atomic E-state index is 0.518. The fourth-order valence-corrected chi connectivity index (χ4v) is 3.83. The number of thiophene rings is 1. The van der Waals surface area contributed by atoms with Crippen molar-refractivity contribution >= 4 is 21.4 Å². The van der Waals surface area contributed by atoms with Gasteiger partial charge in [-0.15, -0.1) is 11.3 Å². The molecule has 2 aromatic rings. The zero-order valence-electron chi connectivity index (χ0n) is 12.8. The van der Waals surface area contributed by atoms with Crippen LogP contribution >= 0.6 is 11.3 Å². The monoisotopic (exact) mass is 289 g/mol. The van der Waals surface area contributed by atoms with Gasteiger partial charge in [0.05, 0.1) is 0 Å². The van der Waals surface area contributed by atoms with Crippen LogP contribution < -0.4 is 5.32 Å². The second-order valence-corrected chi connectivity index (χ2v) is 6.42. The van der Waals surface area contributed by atoms with E-state index in [0.29, 0.717) is 6.04 Å². The first-order valence-electron chi connectivity index (χ1n) is 8.06. The molecule has 0 saturated heterocycles. The van der Waals surface area contributed by atoms with E-state index in [-0.39, 0.29) is 0 Å². The first-order valence-corrected chi connectivity index (χ1v) is 8.94. The molecule has 0 amide bonds. The number of rotatable bonds is 9. The Morgan fingerprint density at radius 1 is 1.05 bits per heavy atom. The van der Waals surface area contributed by atoms with Crippen molar-refractivity contribution in [3.8, 4) is 0 Å². The molecule has 1 aromatic carbocycles. The summed E-state index contributed by atoms with van der Waals surface area (Å²) in [6, 6.07) is 9.47. The first kappa shape index (κ1) is 15.5. The van der Waals surface area contributed by atoms with Gasteiger partial charge in [-0.3, -0.25) is 0 Å². The Labute approximate surface area is 127 Å². The molecule has 0 radical (unpaired) electrons. The molecule has 1 atom stereocenters. The van der Waals surface area contributed by atoms with Crippen molar-refractivity contribution in [3.05, 3.63) is 35.2 Å². The summed E-state index contributed by atoms with van der Waals surface area (Å²) in [5.74, 6) is 0. The molecule has 0 bridgehead atoms. The van der Waals surface area contributed by atoms with Gasteiger partial charge in [-0.25, -0.2) is 0 Å². The molecule has 0 spiro atoms. The van der Waals surface area contributed by atoms with Gasteiger partial charge in [-0.05, 0) is 35.4 Å². The van der Waals surface area contributed by atoms with Crippen LogP contribution in [0.5, 0.6) is 0 Å². The van der Waals surface area contributed by atoms with Gasteiger partial charge in [0.25, 0.3) is 0 Å². The van der Waals surface area contributed by atoms with E-state index in [2.05, 4.69) is 48.8 Å². The Hall–Kier alpha value is -0.860. The minimum Gasteiger partial charge on any atom is -0.310 e. The lowest BCUT2D eigenvalue weighted by molar-refractivity contribution is 0.481. The molecular weight excluding hydrogens is 262 g/mol. The van der Waals surface area contributed by atoms with Crippen LogP contribution in [0.15, 0.2) is 29.6 Å². The van der Waals surface area contributed by atoms with E-state index < -0.39 is 0 Å². The van der Waals surface area contributed by atoms with Crippen LogP contribution in [0.25, 0.3) is 10.1 Å². The molecule has 0 aliphatic heterocycles. The number of benzene rings is 1. The summed E-state index contributed by atoms with van der Waals surface area (Å²) in [4.78, 5) is 0. The molecule has 2 rings (SSSR count). The standard InChI is InChI=1S/C18H27NS/c1-3-5-6-7-8-12-17(19-4-2)16-11-9-10-15-13-14-20-18(15)16/h9-11,13-14,17,19H,3-8,12H2,1-2H3. The summed E-state index contributed by atoms with van der Waals surface area (Å²) in [6.45, 7) is 5.53. The van der Waals surface area contributed by atoms with Crippen LogP contribution in [0.4, 0.5) is 0 Å².